The quantitative estimate of drug-likeness (QED) is 0.681. The molecule has 1 aliphatic rings. The molecule has 0 fully saturated rings. The second-order valence-corrected chi connectivity index (χ2v) is 7.58. The number of halogens is 1. The summed E-state index contributed by atoms with van der Waals surface area (Å²) in [5.41, 5.74) is 4.51. The normalized spacial score (nSPS) is 15.9. The largest absolute Gasteiger partial charge is 0.493 e. The fourth-order valence-corrected chi connectivity index (χ4v) is 4.14. The smallest absolute Gasteiger partial charge is 0.224 e. The van der Waals surface area contributed by atoms with E-state index in [0.717, 1.165) is 40.8 Å². The predicted octanol–water partition coefficient (Wildman–Crippen LogP) is 4.05. The van der Waals surface area contributed by atoms with Gasteiger partial charge >= 0.3 is 0 Å². The molecule has 1 aliphatic carbocycles. The van der Waals surface area contributed by atoms with E-state index in [4.69, 9.17) is 21.1 Å². The summed E-state index contributed by atoms with van der Waals surface area (Å²) in [6.07, 6.45) is 2.96. The molecule has 0 saturated carbocycles. The second kappa shape index (κ2) is 7.76. The predicted molar refractivity (Wildman–Crippen MR) is 111 cm³/mol. The Hall–Kier alpha value is -2.66. The third kappa shape index (κ3) is 3.67. The van der Waals surface area contributed by atoms with E-state index in [1.54, 1.807) is 14.2 Å². The summed E-state index contributed by atoms with van der Waals surface area (Å²) in [6, 6.07) is 11.6. The van der Waals surface area contributed by atoms with E-state index >= 15 is 0 Å². The average Bonchev–Trinajstić information content (AvgIpc) is 3.05. The van der Waals surface area contributed by atoms with Gasteiger partial charge in [-0.3, -0.25) is 4.79 Å². The molecular weight excluding hydrogens is 376 g/mol. The highest BCUT2D eigenvalue weighted by molar-refractivity contribution is 6.31. The van der Waals surface area contributed by atoms with Gasteiger partial charge in [-0.05, 0) is 60.7 Å². The fraction of sp³-hybridized carbons (Fsp3) is 0.318. The number of carbonyl (C=O) groups is 1. The number of carbonyl (C=O) groups excluding carboxylic acids is 1. The molecule has 0 aliphatic heterocycles. The van der Waals surface area contributed by atoms with Gasteiger partial charge in [0.1, 0.15) is 0 Å². The van der Waals surface area contributed by atoms with Gasteiger partial charge in [-0.1, -0.05) is 17.7 Å². The molecule has 1 amide bonds. The lowest BCUT2D eigenvalue weighted by atomic mass is 9.91. The van der Waals surface area contributed by atoms with Gasteiger partial charge < -0.3 is 19.8 Å². The Balaban J connectivity index is 1.45. The summed E-state index contributed by atoms with van der Waals surface area (Å²) in [5, 5.41) is 5.07. The number of hydrogen-bond acceptors (Lipinski definition) is 3. The van der Waals surface area contributed by atoms with Gasteiger partial charge in [-0.15, -0.1) is 0 Å². The summed E-state index contributed by atoms with van der Waals surface area (Å²) < 4.78 is 10.6. The topological polar surface area (TPSA) is 63.3 Å². The van der Waals surface area contributed by atoms with Crippen molar-refractivity contribution >= 4 is 28.4 Å². The van der Waals surface area contributed by atoms with Gasteiger partial charge in [0.05, 0.1) is 20.6 Å². The van der Waals surface area contributed by atoms with Crippen molar-refractivity contribution in [3.63, 3.8) is 0 Å². The van der Waals surface area contributed by atoms with Crippen LogP contribution < -0.4 is 14.8 Å². The van der Waals surface area contributed by atoms with Crippen molar-refractivity contribution in [2.24, 2.45) is 0 Å². The van der Waals surface area contributed by atoms with Crippen molar-refractivity contribution in [2.45, 2.75) is 31.7 Å². The number of aromatic amines is 1. The zero-order chi connectivity index (χ0) is 19.7. The monoisotopic (exact) mass is 398 g/mol. The van der Waals surface area contributed by atoms with E-state index < -0.39 is 0 Å². The van der Waals surface area contributed by atoms with Gasteiger partial charge in [0.2, 0.25) is 5.91 Å². The van der Waals surface area contributed by atoms with Crippen LogP contribution in [0.4, 0.5) is 0 Å². The second-order valence-electron chi connectivity index (χ2n) is 7.15. The molecule has 0 spiro atoms. The number of benzene rings is 2. The summed E-state index contributed by atoms with van der Waals surface area (Å²) in [5.74, 6) is 1.30. The van der Waals surface area contributed by atoms with Crippen molar-refractivity contribution in [3.8, 4) is 11.5 Å². The third-order valence-electron chi connectivity index (χ3n) is 5.33. The molecule has 0 radical (unpaired) electrons. The number of nitrogens with one attached hydrogen (secondary N) is 2. The highest BCUT2D eigenvalue weighted by Gasteiger charge is 2.24. The standard InChI is InChI=1S/C22H23ClN2O3/c1-27-20-8-3-13(9-21(20)28-2)10-22(26)24-15-5-7-19-17(12-15)16-11-14(23)4-6-18(16)25-19/h3-4,6,8-9,11,15,25H,5,7,10,12H2,1-2H3,(H,24,26). The number of H-pyrrole nitrogens is 1. The number of ether oxygens (including phenoxy) is 2. The van der Waals surface area contributed by atoms with Gasteiger partial charge in [0.25, 0.3) is 0 Å². The molecule has 0 bridgehead atoms. The van der Waals surface area contributed by atoms with E-state index in [1.807, 2.05) is 36.4 Å². The van der Waals surface area contributed by atoms with Gasteiger partial charge in [-0.25, -0.2) is 0 Å². The lowest BCUT2D eigenvalue weighted by molar-refractivity contribution is -0.121. The Morgan fingerprint density at radius 1 is 1.18 bits per heavy atom. The van der Waals surface area contributed by atoms with Crippen LogP contribution in [0.3, 0.4) is 0 Å². The van der Waals surface area contributed by atoms with Crippen molar-refractivity contribution in [2.75, 3.05) is 14.2 Å². The van der Waals surface area contributed by atoms with Gasteiger partial charge in [0.15, 0.2) is 11.5 Å². The van der Waals surface area contributed by atoms with E-state index in [1.165, 1.54) is 11.3 Å². The van der Waals surface area contributed by atoms with Crippen LogP contribution in [0.15, 0.2) is 36.4 Å². The number of aryl methyl sites for hydroxylation is 1. The molecule has 2 N–H and O–H groups in total. The molecule has 3 aromatic rings. The number of rotatable bonds is 5. The maximum Gasteiger partial charge on any atom is 0.224 e. The zero-order valence-electron chi connectivity index (χ0n) is 16.0. The highest BCUT2D eigenvalue weighted by atomic mass is 35.5. The Labute approximate surface area is 169 Å². The fourth-order valence-electron chi connectivity index (χ4n) is 3.97. The maximum atomic E-state index is 12.6. The van der Waals surface area contributed by atoms with Crippen molar-refractivity contribution in [3.05, 3.63) is 58.2 Å². The van der Waals surface area contributed by atoms with Gasteiger partial charge in [0, 0.05) is 27.7 Å². The summed E-state index contributed by atoms with van der Waals surface area (Å²) in [7, 11) is 3.19. The molecule has 1 atom stereocenters. The highest BCUT2D eigenvalue weighted by Crippen LogP contribution is 2.31. The number of fused-ring (bicyclic) bond motifs is 3. The first kappa shape index (κ1) is 18.7. The summed E-state index contributed by atoms with van der Waals surface area (Å²) >= 11 is 6.17. The Bertz CT molecular complexity index is 1030. The number of methoxy groups -OCH3 is 2. The van der Waals surface area contributed by atoms with E-state index in [0.29, 0.717) is 17.9 Å². The summed E-state index contributed by atoms with van der Waals surface area (Å²) in [6.45, 7) is 0. The van der Waals surface area contributed by atoms with Crippen LogP contribution in [0.5, 0.6) is 11.5 Å². The van der Waals surface area contributed by atoms with Crippen molar-refractivity contribution in [1.29, 1.82) is 0 Å². The molecule has 4 rings (SSSR count). The molecule has 28 heavy (non-hydrogen) atoms. The van der Waals surface area contributed by atoms with Gasteiger partial charge in [-0.2, -0.15) is 0 Å². The Morgan fingerprint density at radius 3 is 2.79 bits per heavy atom. The Kier molecular flexibility index (Phi) is 5.18. The molecule has 6 heteroatoms. The zero-order valence-corrected chi connectivity index (χ0v) is 16.7. The minimum atomic E-state index is 0.0125. The molecular formula is C22H23ClN2O3. The van der Waals surface area contributed by atoms with Crippen molar-refractivity contribution in [1.82, 2.24) is 10.3 Å². The van der Waals surface area contributed by atoms with Crippen LogP contribution >= 0.6 is 11.6 Å². The minimum absolute atomic E-state index is 0.0125. The van der Waals surface area contributed by atoms with Crippen LogP contribution in [0.2, 0.25) is 5.02 Å². The van der Waals surface area contributed by atoms with Crippen LogP contribution in [-0.4, -0.2) is 31.2 Å². The van der Waals surface area contributed by atoms with E-state index in [2.05, 4.69) is 10.3 Å². The molecule has 1 aromatic heterocycles. The molecule has 0 saturated heterocycles. The number of amides is 1. The first-order valence-electron chi connectivity index (χ1n) is 9.36. The molecule has 2 aromatic carbocycles. The first-order chi connectivity index (χ1) is 13.6. The van der Waals surface area contributed by atoms with Crippen LogP contribution in [0, 0.1) is 0 Å². The van der Waals surface area contributed by atoms with Crippen molar-refractivity contribution < 1.29 is 14.3 Å². The third-order valence-corrected chi connectivity index (χ3v) is 5.56. The van der Waals surface area contributed by atoms with E-state index in [-0.39, 0.29) is 11.9 Å². The average molecular weight is 399 g/mol. The molecule has 146 valence electrons. The molecule has 1 unspecified atom stereocenters. The lowest BCUT2D eigenvalue weighted by Gasteiger charge is -2.24. The number of hydrogen-bond donors (Lipinski definition) is 2. The van der Waals surface area contributed by atoms with Crippen LogP contribution in [0.25, 0.3) is 10.9 Å². The first-order valence-corrected chi connectivity index (χ1v) is 9.74. The maximum absolute atomic E-state index is 12.6. The van der Waals surface area contributed by atoms with Crippen LogP contribution in [0.1, 0.15) is 23.2 Å². The molecule has 5 nitrogen and oxygen atoms in total. The van der Waals surface area contributed by atoms with Crippen LogP contribution in [-0.2, 0) is 24.1 Å². The van der Waals surface area contributed by atoms with E-state index in [9.17, 15) is 4.79 Å². The minimum Gasteiger partial charge on any atom is -0.493 e. The SMILES string of the molecule is COc1ccc(CC(=O)NC2CCc3[nH]c4ccc(Cl)cc4c3C2)cc1OC. The lowest BCUT2D eigenvalue weighted by Crippen LogP contribution is -2.39. The molecule has 1 heterocycles. The Morgan fingerprint density at radius 2 is 2.00 bits per heavy atom. The summed E-state index contributed by atoms with van der Waals surface area (Å²) in [4.78, 5) is 16.1. The number of aromatic nitrogens is 1.